The van der Waals surface area contributed by atoms with Crippen LogP contribution >= 0.6 is 15.9 Å². The fourth-order valence-corrected chi connectivity index (χ4v) is 5.15. The molecular formula is C21H22BrNO3S. The molecule has 0 unspecified atom stereocenters. The van der Waals surface area contributed by atoms with Crippen LogP contribution < -0.4 is 4.74 Å². The number of ether oxygens (including phenoxy) is 1. The van der Waals surface area contributed by atoms with Gasteiger partial charge < -0.3 is 9.64 Å². The van der Waals surface area contributed by atoms with Crippen molar-refractivity contribution in [3.8, 4) is 5.75 Å². The van der Waals surface area contributed by atoms with Gasteiger partial charge in [-0.05, 0) is 74.8 Å². The molecule has 2 aliphatic heterocycles. The Balaban J connectivity index is 1.44. The summed E-state index contributed by atoms with van der Waals surface area (Å²) in [6.45, 7) is 4.18. The van der Waals surface area contributed by atoms with Crippen molar-refractivity contribution in [3.05, 3.63) is 63.5 Å². The van der Waals surface area contributed by atoms with Crippen molar-refractivity contribution < 1.29 is 13.2 Å². The van der Waals surface area contributed by atoms with Crippen molar-refractivity contribution in [2.24, 2.45) is 0 Å². The maximum absolute atomic E-state index is 12.6. The van der Waals surface area contributed by atoms with E-state index < -0.39 is 9.84 Å². The first-order chi connectivity index (χ1) is 13.0. The van der Waals surface area contributed by atoms with E-state index in [0.717, 1.165) is 40.6 Å². The van der Waals surface area contributed by atoms with Gasteiger partial charge in [-0.2, -0.15) is 0 Å². The summed E-state index contributed by atoms with van der Waals surface area (Å²) in [7, 11) is -3.44. The average Bonchev–Trinajstić information content (AvgIpc) is 2.88. The number of nitrogens with zero attached hydrogens (tertiary/aromatic N) is 1. The predicted octanol–water partition coefficient (Wildman–Crippen LogP) is 4.49. The lowest BCUT2D eigenvalue weighted by molar-refractivity contribution is 0.173. The molecule has 2 heterocycles. The maximum atomic E-state index is 12.6. The van der Waals surface area contributed by atoms with E-state index in [9.17, 15) is 8.42 Å². The summed E-state index contributed by atoms with van der Waals surface area (Å²) in [5, 5.41) is 1.36. The Morgan fingerprint density at radius 1 is 1.04 bits per heavy atom. The van der Waals surface area contributed by atoms with Gasteiger partial charge in [0.1, 0.15) is 5.75 Å². The van der Waals surface area contributed by atoms with Crippen molar-refractivity contribution in [1.29, 1.82) is 0 Å². The Hall–Kier alpha value is -1.63. The van der Waals surface area contributed by atoms with Gasteiger partial charge >= 0.3 is 0 Å². The molecule has 0 N–H and O–H groups in total. The largest absolute Gasteiger partial charge is 0.494 e. The summed E-state index contributed by atoms with van der Waals surface area (Å²) in [4.78, 5) is 2.77. The molecule has 4 rings (SSSR count). The lowest BCUT2D eigenvalue weighted by Crippen LogP contribution is -2.37. The molecule has 1 saturated heterocycles. The molecule has 27 heavy (non-hydrogen) atoms. The summed E-state index contributed by atoms with van der Waals surface area (Å²) in [6.07, 6.45) is 3.40. The molecule has 2 aromatic rings. The minimum atomic E-state index is -3.44. The minimum absolute atomic E-state index is 0.332. The zero-order valence-corrected chi connectivity index (χ0v) is 17.4. The molecule has 0 saturated carbocycles. The minimum Gasteiger partial charge on any atom is -0.494 e. The number of benzene rings is 2. The highest BCUT2D eigenvalue weighted by Crippen LogP contribution is 2.39. The van der Waals surface area contributed by atoms with E-state index in [1.54, 1.807) is 6.07 Å². The Labute approximate surface area is 168 Å². The van der Waals surface area contributed by atoms with Crippen LogP contribution in [-0.2, 0) is 9.84 Å². The third-order valence-corrected chi connectivity index (χ3v) is 7.09. The summed E-state index contributed by atoms with van der Waals surface area (Å²) >= 11 is 3.41. The van der Waals surface area contributed by atoms with Crippen LogP contribution in [0.5, 0.6) is 5.75 Å². The normalized spacial score (nSPS) is 17.9. The maximum Gasteiger partial charge on any atom is 0.201 e. The van der Waals surface area contributed by atoms with Gasteiger partial charge in [0.05, 0.1) is 11.5 Å². The second-order valence-electron chi connectivity index (χ2n) is 6.99. The number of rotatable bonds is 7. The molecule has 0 radical (unpaired) electrons. The Morgan fingerprint density at radius 2 is 1.81 bits per heavy atom. The summed E-state index contributed by atoms with van der Waals surface area (Å²) in [6, 6.07) is 13.0. The van der Waals surface area contributed by atoms with Crippen LogP contribution in [0.25, 0.3) is 5.57 Å². The number of hydrogen-bond acceptors (Lipinski definition) is 4. The topological polar surface area (TPSA) is 46.6 Å². The van der Waals surface area contributed by atoms with Crippen LogP contribution in [0, 0.1) is 0 Å². The second-order valence-corrected chi connectivity index (χ2v) is 9.67. The number of unbranched alkanes of at least 4 members (excludes halogenated alkanes) is 1. The fraction of sp³-hybridized carbons (Fsp3) is 0.333. The van der Waals surface area contributed by atoms with Crippen molar-refractivity contribution in [1.82, 2.24) is 4.90 Å². The third-order valence-electron chi connectivity index (χ3n) is 5.06. The van der Waals surface area contributed by atoms with Crippen LogP contribution in [0.3, 0.4) is 0 Å². The molecule has 0 atom stereocenters. The Bertz CT molecular complexity index is 963. The van der Waals surface area contributed by atoms with E-state index in [4.69, 9.17) is 4.74 Å². The van der Waals surface area contributed by atoms with Gasteiger partial charge in [-0.3, -0.25) is 0 Å². The van der Waals surface area contributed by atoms with E-state index in [0.29, 0.717) is 17.3 Å². The number of hydrogen-bond donors (Lipinski definition) is 0. The average molecular weight is 448 g/mol. The lowest BCUT2D eigenvalue weighted by Gasteiger charge is -2.30. The summed E-state index contributed by atoms with van der Waals surface area (Å²) in [5.74, 6) is 0.617. The standard InChI is InChI=1S/C21H22BrNO3S/c22-17-6-4-16(5-7-17)20-15-27(24,25)21-14-18(8-9-19(20)21)26-13-2-1-10-23-11-3-12-23/h4-9,14-15H,1-3,10-13H2. The molecule has 142 valence electrons. The highest BCUT2D eigenvalue weighted by atomic mass is 79.9. The molecule has 0 aliphatic carbocycles. The van der Waals surface area contributed by atoms with Crippen LogP contribution in [0.15, 0.2) is 57.2 Å². The van der Waals surface area contributed by atoms with Crippen LogP contribution in [0.4, 0.5) is 0 Å². The molecular weight excluding hydrogens is 426 g/mol. The smallest absolute Gasteiger partial charge is 0.201 e. The molecule has 1 fully saturated rings. The predicted molar refractivity (Wildman–Crippen MR) is 111 cm³/mol. The fourth-order valence-electron chi connectivity index (χ4n) is 3.42. The van der Waals surface area contributed by atoms with Gasteiger partial charge in [-0.25, -0.2) is 8.42 Å². The van der Waals surface area contributed by atoms with Crippen LogP contribution in [-0.4, -0.2) is 39.6 Å². The van der Waals surface area contributed by atoms with Crippen LogP contribution in [0.1, 0.15) is 30.4 Å². The first-order valence-corrected chi connectivity index (χ1v) is 11.6. The molecule has 0 bridgehead atoms. The Morgan fingerprint density at radius 3 is 2.52 bits per heavy atom. The highest BCUT2D eigenvalue weighted by molar-refractivity contribution is 9.10. The molecule has 2 aromatic carbocycles. The van der Waals surface area contributed by atoms with E-state index in [1.807, 2.05) is 36.4 Å². The number of likely N-dealkylation sites (tertiary alicyclic amines) is 1. The molecule has 2 aliphatic rings. The SMILES string of the molecule is O=S1(=O)C=C(c2ccc(Br)cc2)c2ccc(OCCCCN3CCC3)cc21. The molecule has 0 amide bonds. The van der Waals surface area contributed by atoms with Gasteiger partial charge in [0.25, 0.3) is 0 Å². The third kappa shape index (κ3) is 4.13. The van der Waals surface area contributed by atoms with Crippen molar-refractivity contribution in [2.75, 3.05) is 26.2 Å². The second kappa shape index (κ2) is 7.78. The van der Waals surface area contributed by atoms with Crippen molar-refractivity contribution in [2.45, 2.75) is 24.2 Å². The molecule has 4 nitrogen and oxygen atoms in total. The quantitative estimate of drug-likeness (QED) is 0.586. The first-order valence-electron chi connectivity index (χ1n) is 9.25. The van der Waals surface area contributed by atoms with Gasteiger partial charge in [0.15, 0.2) is 0 Å². The number of halogens is 1. The first kappa shape index (κ1) is 18.7. The van der Waals surface area contributed by atoms with Gasteiger partial charge in [0.2, 0.25) is 9.84 Å². The molecule has 0 aromatic heterocycles. The van der Waals surface area contributed by atoms with Gasteiger partial charge in [-0.15, -0.1) is 0 Å². The van der Waals surface area contributed by atoms with Crippen molar-refractivity contribution in [3.63, 3.8) is 0 Å². The van der Waals surface area contributed by atoms with Crippen LogP contribution in [0.2, 0.25) is 0 Å². The highest BCUT2D eigenvalue weighted by Gasteiger charge is 2.28. The summed E-state index contributed by atoms with van der Waals surface area (Å²) in [5.41, 5.74) is 2.36. The molecule has 6 heteroatoms. The van der Waals surface area contributed by atoms with E-state index in [-0.39, 0.29) is 0 Å². The Kier molecular flexibility index (Phi) is 5.39. The van der Waals surface area contributed by atoms with E-state index in [1.165, 1.54) is 24.9 Å². The van der Waals surface area contributed by atoms with Gasteiger partial charge in [0, 0.05) is 21.0 Å². The van der Waals surface area contributed by atoms with E-state index >= 15 is 0 Å². The molecule has 0 spiro atoms. The van der Waals surface area contributed by atoms with Gasteiger partial charge in [-0.1, -0.05) is 28.1 Å². The van der Waals surface area contributed by atoms with Crippen molar-refractivity contribution >= 4 is 31.3 Å². The lowest BCUT2D eigenvalue weighted by atomic mass is 10.00. The summed E-state index contributed by atoms with van der Waals surface area (Å²) < 4.78 is 32.0. The number of sulfone groups is 1. The number of fused-ring (bicyclic) bond motifs is 1. The monoisotopic (exact) mass is 447 g/mol. The van der Waals surface area contributed by atoms with E-state index in [2.05, 4.69) is 20.8 Å². The zero-order chi connectivity index (χ0) is 18.9. The zero-order valence-electron chi connectivity index (χ0n) is 15.0.